The van der Waals surface area contributed by atoms with Gasteiger partial charge in [0.05, 0.1) is 5.56 Å². The van der Waals surface area contributed by atoms with E-state index in [1.165, 1.54) is 6.92 Å². The SMILES string of the molecule is CC(=O)c1cccnc1Oc1ccc(Cl)c2ccccc12. The lowest BCUT2D eigenvalue weighted by Crippen LogP contribution is -1.99. The molecule has 0 radical (unpaired) electrons. The molecular formula is C17H12ClNO2. The summed E-state index contributed by atoms with van der Waals surface area (Å²) in [6.45, 7) is 1.49. The van der Waals surface area contributed by atoms with E-state index >= 15 is 0 Å². The van der Waals surface area contributed by atoms with Crippen LogP contribution in [0, 0.1) is 0 Å². The summed E-state index contributed by atoms with van der Waals surface area (Å²) in [5.41, 5.74) is 0.455. The minimum absolute atomic E-state index is 0.0867. The molecule has 0 aliphatic heterocycles. The molecule has 21 heavy (non-hydrogen) atoms. The Labute approximate surface area is 127 Å². The van der Waals surface area contributed by atoms with Crippen LogP contribution in [0.1, 0.15) is 17.3 Å². The second-order valence-electron chi connectivity index (χ2n) is 4.61. The van der Waals surface area contributed by atoms with E-state index in [2.05, 4.69) is 4.98 Å². The molecule has 0 fully saturated rings. The molecule has 0 saturated heterocycles. The summed E-state index contributed by atoms with van der Waals surface area (Å²) in [5, 5.41) is 2.44. The lowest BCUT2D eigenvalue weighted by Gasteiger charge is -2.11. The minimum Gasteiger partial charge on any atom is -0.438 e. The van der Waals surface area contributed by atoms with Gasteiger partial charge in [-0.05, 0) is 31.2 Å². The molecule has 0 bridgehead atoms. The van der Waals surface area contributed by atoms with Gasteiger partial charge in [0, 0.05) is 22.0 Å². The summed E-state index contributed by atoms with van der Waals surface area (Å²) in [6.07, 6.45) is 1.60. The molecule has 2 aromatic carbocycles. The fourth-order valence-corrected chi connectivity index (χ4v) is 2.40. The van der Waals surface area contributed by atoms with Crippen LogP contribution < -0.4 is 4.74 Å². The van der Waals surface area contributed by atoms with Gasteiger partial charge in [0.15, 0.2) is 5.78 Å². The summed E-state index contributed by atoms with van der Waals surface area (Å²) in [7, 11) is 0. The molecule has 0 aliphatic carbocycles. The molecule has 3 nitrogen and oxygen atoms in total. The lowest BCUT2D eigenvalue weighted by molar-refractivity contribution is 0.101. The number of rotatable bonds is 3. The molecule has 0 spiro atoms. The molecule has 3 rings (SSSR count). The Hall–Kier alpha value is -2.39. The number of fused-ring (bicyclic) bond motifs is 1. The first-order valence-corrected chi connectivity index (χ1v) is 6.85. The van der Waals surface area contributed by atoms with Gasteiger partial charge in [0.1, 0.15) is 5.75 Å². The first kappa shape index (κ1) is 13.6. The molecule has 0 atom stereocenters. The van der Waals surface area contributed by atoms with Gasteiger partial charge in [-0.3, -0.25) is 4.79 Å². The molecule has 0 aliphatic rings. The van der Waals surface area contributed by atoms with Crippen LogP contribution in [-0.2, 0) is 0 Å². The molecule has 0 N–H and O–H groups in total. The molecule has 0 unspecified atom stereocenters. The number of nitrogens with zero attached hydrogens (tertiary/aromatic N) is 1. The molecular weight excluding hydrogens is 286 g/mol. The second kappa shape index (κ2) is 5.54. The smallest absolute Gasteiger partial charge is 0.230 e. The summed E-state index contributed by atoms with van der Waals surface area (Å²) < 4.78 is 5.85. The number of hydrogen-bond acceptors (Lipinski definition) is 3. The van der Waals surface area contributed by atoms with E-state index in [0.717, 1.165) is 10.8 Å². The van der Waals surface area contributed by atoms with E-state index in [9.17, 15) is 4.79 Å². The topological polar surface area (TPSA) is 39.2 Å². The monoisotopic (exact) mass is 297 g/mol. The highest BCUT2D eigenvalue weighted by molar-refractivity contribution is 6.35. The Morgan fingerprint density at radius 1 is 1.05 bits per heavy atom. The quantitative estimate of drug-likeness (QED) is 0.647. The molecule has 0 saturated carbocycles. The van der Waals surface area contributed by atoms with E-state index in [-0.39, 0.29) is 5.78 Å². The lowest BCUT2D eigenvalue weighted by atomic mass is 10.1. The normalized spacial score (nSPS) is 10.6. The Balaban J connectivity index is 2.11. The van der Waals surface area contributed by atoms with Crippen molar-refractivity contribution in [2.24, 2.45) is 0 Å². The maximum Gasteiger partial charge on any atom is 0.230 e. The average Bonchev–Trinajstić information content (AvgIpc) is 2.51. The minimum atomic E-state index is -0.0867. The summed E-state index contributed by atoms with van der Waals surface area (Å²) in [5.74, 6) is 0.838. The fourth-order valence-electron chi connectivity index (χ4n) is 2.17. The number of pyridine rings is 1. The Morgan fingerprint density at radius 3 is 2.57 bits per heavy atom. The number of ether oxygens (including phenoxy) is 1. The summed E-state index contributed by atoms with van der Waals surface area (Å²) in [4.78, 5) is 15.8. The third-order valence-electron chi connectivity index (χ3n) is 3.19. The summed E-state index contributed by atoms with van der Waals surface area (Å²) >= 11 is 6.19. The molecule has 104 valence electrons. The predicted octanol–water partition coefficient (Wildman–Crippen LogP) is 4.88. The molecule has 1 heterocycles. The van der Waals surface area contributed by atoms with Gasteiger partial charge in [-0.25, -0.2) is 4.98 Å². The van der Waals surface area contributed by atoms with E-state index in [4.69, 9.17) is 16.3 Å². The number of carbonyl (C=O) groups is 1. The van der Waals surface area contributed by atoms with E-state index in [1.54, 1.807) is 30.5 Å². The zero-order valence-electron chi connectivity index (χ0n) is 11.3. The van der Waals surface area contributed by atoms with Crippen LogP contribution in [-0.4, -0.2) is 10.8 Å². The highest BCUT2D eigenvalue weighted by Gasteiger charge is 2.12. The zero-order valence-corrected chi connectivity index (χ0v) is 12.1. The van der Waals surface area contributed by atoms with Crippen molar-refractivity contribution in [2.45, 2.75) is 6.92 Å². The van der Waals surface area contributed by atoms with Gasteiger partial charge in [0.2, 0.25) is 5.88 Å². The van der Waals surface area contributed by atoms with Crippen molar-refractivity contribution in [1.82, 2.24) is 4.98 Å². The van der Waals surface area contributed by atoms with Crippen LogP contribution in [0.15, 0.2) is 54.7 Å². The third kappa shape index (κ3) is 2.60. The van der Waals surface area contributed by atoms with Crippen molar-refractivity contribution in [3.8, 4) is 11.6 Å². The molecule has 0 amide bonds. The highest BCUT2D eigenvalue weighted by atomic mass is 35.5. The van der Waals surface area contributed by atoms with Crippen LogP contribution in [0.3, 0.4) is 0 Å². The number of ketones is 1. The number of aromatic nitrogens is 1. The fraction of sp³-hybridized carbons (Fsp3) is 0.0588. The summed E-state index contributed by atoms with van der Waals surface area (Å²) in [6, 6.07) is 14.6. The first-order valence-electron chi connectivity index (χ1n) is 6.48. The van der Waals surface area contributed by atoms with Crippen molar-refractivity contribution in [1.29, 1.82) is 0 Å². The largest absolute Gasteiger partial charge is 0.438 e. The van der Waals surface area contributed by atoms with Crippen molar-refractivity contribution < 1.29 is 9.53 Å². The Bertz CT molecular complexity index is 830. The number of hydrogen-bond donors (Lipinski definition) is 0. The zero-order chi connectivity index (χ0) is 14.8. The first-order chi connectivity index (χ1) is 10.2. The van der Waals surface area contributed by atoms with Gasteiger partial charge in [0.25, 0.3) is 0 Å². The number of Topliss-reactive ketones (excluding diaryl/α,β-unsaturated/α-hetero) is 1. The van der Waals surface area contributed by atoms with Gasteiger partial charge in [-0.15, -0.1) is 0 Å². The average molecular weight is 298 g/mol. The van der Waals surface area contributed by atoms with Crippen molar-refractivity contribution >= 4 is 28.2 Å². The van der Waals surface area contributed by atoms with Gasteiger partial charge in [-0.1, -0.05) is 35.9 Å². The highest BCUT2D eigenvalue weighted by Crippen LogP contribution is 2.34. The van der Waals surface area contributed by atoms with Crippen molar-refractivity contribution in [2.75, 3.05) is 0 Å². The van der Waals surface area contributed by atoms with Gasteiger partial charge in [-0.2, -0.15) is 0 Å². The second-order valence-corrected chi connectivity index (χ2v) is 5.01. The molecule has 4 heteroatoms. The van der Waals surface area contributed by atoms with E-state index in [1.807, 2.05) is 24.3 Å². The number of halogens is 1. The molecule has 1 aromatic heterocycles. The van der Waals surface area contributed by atoms with Crippen LogP contribution in [0.4, 0.5) is 0 Å². The predicted molar refractivity (Wildman–Crippen MR) is 83.3 cm³/mol. The van der Waals surface area contributed by atoms with Crippen LogP contribution in [0.5, 0.6) is 11.6 Å². The number of carbonyl (C=O) groups excluding carboxylic acids is 1. The van der Waals surface area contributed by atoms with E-state index < -0.39 is 0 Å². The van der Waals surface area contributed by atoms with Crippen LogP contribution >= 0.6 is 11.6 Å². The maximum absolute atomic E-state index is 11.6. The van der Waals surface area contributed by atoms with E-state index in [0.29, 0.717) is 22.2 Å². The maximum atomic E-state index is 11.6. The Kier molecular flexibility index (Phi) is 3.59. The standard InChI is InChI=1S/C17H12ClNO2/c1-11(20)12-7-4-10-19-17(12)21-16-9-8-15(18)13-5-2-3-6-14(13)16/h2-10H,1H3. The van der Waals surface area contributed by atoms with Crippen molar-refractivity contribution in [3.63, 3.8) is 0 Å². The molecule has 3 aromatic rings. The van der Waals surface area contributed by atoms with Crippen LogP contribution in [0.25, 0.3) is 10.8 Å². The number of benzene rings is 2. The van der Waals surface area contributed by atoms with Gasteiger partial charge < -0.3 is 4.74 Å². The van der Waals surface area contributed by atoms with Crippen LogP contribution in [0.2, 0.25) is 5.02 Å². The van der Waals surface area contributed by atoms with Gasteiger partial charge >= 0.3 is 0 Å². The third-order valence-corrected chi connectivity index (χ3v) is 3.52. The van der Waals surface area contributed by atoms with Crippen molar-refractivity contribution in [3.05, 3.63) is 65.3 Å². The Morgan fingerprint density at radius 2 is 1.81 bits per heavy atom.